The summed E-state index contributed by atoms with van der Waals surface area (Å²) in [7, 11) is 0. The zero-order valence-electron chi connectivity index (χ0n) is 8.41. The van der Waals surface area contributed by atoms with Crippen LogP contribution in [0.25, 0.3) is 0 Å². The van der Waals surface area contributed by atoms with Gasteiger partial charge in [0, 0.05) is 34.0 Å². The van der Waals surface area contributed by atoms with Crippen LogP contribution in [0.1, 0.15) is 10.4 Å². The lowest BCUT2D eigenvalue weighted by molar-refractivity contribution is 0.699. The summed E-state index contributed by atoms with van der Waals surface area (Å²) in [6, 6.07) is 5.91. The van der Waals surface area contributed by atoms with E-state index in [0.717, 1.165) is 23.1 Å². The first-order valence-corrected chi connectivity index (χ1v) is 6.83. The summed E-state index contributed by atoms with van der Waals surface area (Å²) >= 11 is 10.9. The lowest BCUT2D eigenvalue weighted by atomic mass is 10.3. The van der Waals surface area contributed by atoms with Crippen LogP contribution in [-0.4, -0.2) is 4.98 Å². The van der Waals surface area contributed by atoms with E-state index in [4.69, 9.17) is 11.6 Å². The number of aromatic nitrogens is 1. The fraction of sp³-hybridized carbons (Fsp3) is 0.182. The van der Waals surface area contributed by atoms with Crippen molar-refractivity contribution in [2.75, 3.05) is 0 Å². The minimum absolute atomic E-state index is 0.533. The molecule has 0 unspecified atom stereocenters. The van der Waals surface area contributed by atoms with E-state index in [2.05, 4.69) is 37.7 Å². The lowest BCUT2D eigenvalue weighted by Gasteiger charge is -2.02. The predicted octanol–water partition coefficient (Wildman–Crippen LogP) is 3.85. The molecule has 1 N–H and O–H groups in total. The average Bonchev–Trinajstić information content (AvgIpc) is 2.67. The van der Waals surface area contributed by atoms with E-state index in [0.29, 0.717) is 5.15 Å². The number of hydrogen-bond acceptors (Lipinski definition) is 3. The number of rotatable bonds is 4. The highest BCUT2D eigenvalue weighted by molar-refractivity contribution is 9.10. The maximum atomic E-state index is 5.71. The zero-order valence-corrected chi connectivity index (χ0v) is 11.6. The summed E-state index contributed by atoms with van der Waals surface area (Å²) in [5, 5.41) is 5.97. The van der Waals surface area contributed by atoms with E-state index < -0.39 is 0 Å². The number of pyridine rings is 1. The van der Waals surface area contributed by atoms with Crippen LogP contribution in [0.4, 0.5) is 0 Å². The Labute approximate surface area is 112 Å². The molecule has 16 heavy (non-hydrogen) atoms. The number of nitrogens with one attached hydrogen (secondary N) is 1. The number of thiophene rings is 1. The van der Waals surface area contributed by atoms with Gasteiger partial charge in [0.2, 0.25) is 0 Å². The second-order valence-corrected chi connectivity index (χ2v) is 5.62. The molecular formula is C11H10BrClN2S. The maximum absolute atomic E-state index is 5.71. The molecule has 0 spiro atoms. The molecule has 0 saturated carbocycles. The first-order valence-electron chi connectivity index (χ1n) is 4.78. The largest absolute Gasteiger partial charge is 0.308 e. The number of halogens is 2. The highest BCUT2D eigenvalue weighted by Gasteiger charge is 1.98. The van der Waals surface area contributed by atoms with Crippen LogP contribution in [0.3, 0.4) is 0 Å². The fourth-order valence-corrected chi connectivity index (χ4v) is 2.82. The molecule has 0 aliphatic rings. The summed E-state index contributed by atoms with van der Waals surface area (Å²) in [6.07, 6.45) is 1.79. The summed E-state index contributed by atoms with van der Waals surface area (Å²) in [4.78, 5) is 5.34. The summed E-state index contributed by atoms with van der Waals surface area (Å²) in [6.45, 7) is 1.68. The van der Waals surface area contributed by atoms with Gasteiger partial charge in [-0.15, -0.1) is 11.3 Å². The molecule has 0 fully saturated rings. The fourth-order valence-electron chi connectivity index (χ4n) is 1.29. The van der Waals surface area contributed by atoms with Crippen LogP contribution < -0.4 is 5.32 Å². The Balaban J connectivity index is 1.82. The van der Waals surface area contributed by atoms with E-state index in [1.54, 1.807) is 23.6 Å². The Morgan fingerprint density at radius 1 is 1.38 bits per heavy atom. The van der Waals surface area contributed by atoms with Gasteiger partial charge in [0.25, 0.3) is 0 Å². The maximum Gasteiger partial charge on any atom is 0.129 e. The average molecular weight is 318 g/mol. The van der Waals surface area contributed by atoms with Crippen molar-refractivity contribution >= 4 is 38.9 Å². The molecule has 0 bridgehead atoms. The minimum atomic E-state index is 0.533. The molecule has 2 rings (SSSR count). The second-order valence-electron chi connectivity index (χ2n) is 3.32. The predicted molar refractivity (Wildman–Crippen MR) is 71.8 cm³/mol. The van der Waals surface area contributed by atoms with E-state index in [-0.39, 0.29) is 0 Å². The molecule has 84 valence electrons. The molecule has 2 aromatic rings. The normalized spacial score (nSPS) is 10.6. The smallest absolute Gasteiger partial charge is 0.129 e. The van der Waals surface area contributed by atoms with Gasteiger partial charge in [0.15, 0.2) is 0 Å². The van der Waals surface area contributed by atoms with E-state index in [1.165, 1.54) is 4.88 Å². The minimum Gasteiger partial charge on any atom is -0.308 e. The molecule has 0 radical (unpaired) electrons. The van der Waals surface area contributed by atoms with Crippen LogP contribution in [0.15, 0.2) is 34.2 Å². The number of nitrogens with zero attached hydrogens (tertiary/aromatic N) is 1. The van der Waals surface area contributed by atoms with E-state index >= 15 is 0 Å². The summed E-state index contributed by atoms with van der Waals surface area (Å²) < 4.78 is 1.14. The van der Waals surface area contributed by atoms with Gasteiger partial charge in [0.1, 0.15) is 5.15 Å². The van der Waals surface area contributed by atoms with E-state index in [9.17, 15) is 0 Å². The Morgan fingerprint density at radius 2 is 2.25 bits per heavy atom. The molecule has 5 heteroatoms. The van der Waals surface area contributed by atoms with Gasteiger partial charge in [0.05, 0.1) is 0 Å². The van der Waals surface area contributed by atoms with Gasteiger partial charge >= 0.3 is 0 Å². The lowest BCUT2D eigenvalue weighted by Crippen LogP contribution is -2.11. The molecule has 0 amide bonds. The second kappa shape index (κ2) is 5.77. The van der Waals surface area contributed by atoms with Crippen molar-refractivity contribution in [3.8, 4) is 0 Å². The molecule has 2 nitrogen and oxygen atoms in total. The van der Waals surface area contributed by atoms with Crippen molar-refractivity contribution in [3.63, 3.8) is 0 Å². The third kappa shape index (κ3) is 3.56. The molecule has 0 aliphatic heterocycles. The van der Waals surface area contributed by atoms with E-state index in [1.807, 2.05) is 6.07 Å². The van der Waals surface area contributed by atoms with Gasteiger partial charge in [-0.2, -0.15) is 0 Å². The Bertz CT molecular complexity index is 455. The highest BCUT2D eigenvalue weighted by atomic mass is 79.9. The van der Waals surface area contributed by atoms with Gasteiger partial charge < -0.3 is 5.32 Å². The molecule has 0 aliphatic carbocycles. The zero-order chi connectivity index (χ0) is 11.4. The van der Waals surface area contributed by atoms with Crippen LogP contribution >= 0.6 is 38.9 Å². The van der Waals surface area contributed by atoms with Crippen LogP contribution in [-0.2, 0) is 13.1 Å². The van der Waals surface area contributed by atoms with Gasteiger partial charge in [-0.3, -0.25) is 0 Å². The summed E-state index contributed by atoms with van der Waals surface area (Å²) in [5.74, 6) is 0. The standard InChI is InChI=1S/C11H10BrClN2S/c12-9-3-10(16-7-9)6-14-4-8-1-2-11(13)15-5-8/h1-3,5,7,14H,4,6H2. The third-order valence-corrected chi connectivity index (χ3v) is 3.96. The van der Waals surface area contributed by atoms with Crippen molar-refractivity contribution in [1.29, 1.82) is 0 Å². The van der Waals surface area contributed by atoms with Crippen molar-refractivity contribution in [3.05, 3.63) is 49.8 Å². The van der Waals surface area contributed by atoms with Crippen molar-refractivity contribution < 1.29 is 0 Å². The topological polar surface area (TPSA) is 24.9 Å². The van der Waals surface area contributed by atoms with Crippen molar-refractivity contribution in [1.82, 2.24) is 10.3 Å². The molecule has 0 aromatic carbocycles. The van der Waals surface area contributed by atoms with Crippen LogP contribution in [0, 0.1) is 0 Å². The third-order valence-electron chi connectivity index (χ3n) is 2.04. The molecular weight excluding hydrogens is 308 g/mol. The monoisotopic (exact) mass is 316 g/mol. The van der Waals surface area contributed by atoms with Crippen LogP contribution in [0.5, 0.6) is 0 Å². The molecule has 0 saturated heterocycles. The Kier molecular flexibility index (Phi) is 4.35. The number of hydrogen-bond donors (Lipinski definition) is 1. The molecule has 2 heterocycles. The highest BCUT2D eigenvalue weighted by Crippen LogP contribution is 2.19. The van der Waals surface area contributed by atoms with Crippen molar-refractivity contribution in [2.45, 2.75) is 13.1 Å². The molecule has 0 atom stereocenters. The first kappa shape index (κ1) is 12.0. The van der Waals surface area contributed by atoms with Crippen molar-refractivity contribution in [2.24, 2.45) is 0 Å². The van der Waals surface area contributed by atoms with Gasteiger partial charge in [-0.1, -0.05) is 17.7 Å². The van der Waals surface area contributed by atoms with Crippen LogP contribution in [0.2, 0.25) is 5.15 Å². The van der Waals surface area contributed by atoms with Gasteiger partial charge in [-0.25, -0.2) is 4.98 Å². The van der Waals surface area contributed by atoms with Gasteiger partial charge in [-0.05, 0) is 33.6 Å². The summed E-state index contributed by atoms with van der Waals surface area (Å²) in [5.41, 5.74) is 1.14. The Morgan fingerprint density at radius 3 is 2.88 bits per heavy atom. The Hall–Kier alpha value is -0.420. The quantitative estimate of drug-likeness (QED) is 0.866. The molecule has 2 aromatic heterocycles. The first-order chi connectivity index (χ1) is 7.74. The SMILES string of the molecule is Clc1ccc(CNCc2cc(Br)cs2)cn1.